The molecule has 1 heterocycles. The molecule has 1 aromatic heterocycles. The molecule has 5 nitrogen and oxygen atoms in total. The van der Waals surface area contributed by atoms with Gasteiger partial charge in [-0.2, -0.15) is 0 Å². The number of aromatic nitrogens is 1. The van der Waals surface area contributed by atoms with Crippen molar-refractivity contribution in [2.75, 3.05) is 7.11 Å². The summed E-state index contributed by atoms with van der Waals surface area (Å²) < 4.78 is 7.22. The molecule has 1 saturated carbocycles. The molecule has 0 amide bonds. The van der Waals surface area contributed by atoms with Gasteiger partial charge in [0, 0.05) is 24.2 Å². The summed E-state index contributed by atoms with van der Waals surface area (Å²) in [4.78, 5) is 17.8. The van der Waals surface area contributed by atoms with E-state index in [1.54, 1.807) is 17.9 Å². The number of fused-ring (bicyclic) bond motifs is 1. The van der Waals surface area contributed by atoms with Gasteiger partial charge in [0.15, 0.2) is 0 Å². The molecule has 0 aliphatic heterocycles. The van der Waals surface area contributed by atoms with Crippen molar-refractivity contribution in [3.63, 3.8) is 0 Å². The molecule has 0 unspecified atom stereocenters. The van der Waals surface area contributed by atoms with Gasteiger partial charge < -0.3 is 14.4 Å². The molecule has 3 rings (SSSR count). The first-order chi connectivity index (χ1) is 13.2. The summed E-state index contributed by atoms with van der Waals surface area (Å²) in [5, 5.41) is 11.5. The van der Waals surface area contributed by atoms with Gasteiger partial charge in [-0.25, -0.2) is 0 Å². The molecule has 0 saturated heterocycles. The SMILES string of the molecule is CCCCCn1c(=O)c(C=NC2CCCCC2)c(O)c2cccc(OC)c21. The van der Waals surface area contributed by atoms with Gasteiger partial charge in [-0.1, -0.05) is 45.1 Å². The Balaban J connectivity index is 2.10. The van der Waals surface area contributed by atoms with Crippen molar-refractivity contribution in [1.82, 2.24) is 4.57 Å². The van der Waals surface area contributed by atoms with Gasteiger partial charge in [-0.15, -0.1) is 0 Å². The predicted molar refractivity (Wildman–Crippen MR) is 110 cm³/mol. The number of para-hydroxylation sites is 1. The molecular weight excluding hydrogens is 340 g/mol. The number of ether oxygens (including phenoxy) is 1. The Morgan fingerprint density at radius 1 is 1.26 bits per heavy atom. The normalized spacial score (nSPS) is 15.6. The average molecular weight is 370 g/mol. The van der Waals surface area contributed by atoms with Gasteiger partial charge in [-0.3, -0.25) is 9.79 Å². The van der Waals surface area contributed by atoms with Gasteiger partial charge >= 0.3 is 0 Å². The first-order valence-electron chi connectivity index (χ1n) is 10.1. The molecule has 0 bridgehead atoms. The fourth-order valence-electron chi connectivity index (χ4n) is 3.91. The zero-order valence-electron chi connectivity index (χ0n) is 16.4. The molecular formula is C22H30N2O3. The highest BCUT2D eigenvalue weighted by Crippen LogP contribution is 2.32. The zero-order valence-corrected chi connectivity index (χ0v) is 16.4. The minimum absolute atomic E-state index is 0.000186. The van der Waals surface area contributed by atoms with Crippen LogP contribution in [0.3, 0.4) is 0 Å². The number of methoxy groups -OCH3 is 1. The molecule has 27 heavy (non-hydrogen) atoms. The molecule has 1 aromatic carbocycles. The Kier molecular flexibility index (Phi) is 6.54. The van der Waals surface area contributed by atoms with Crippen molar-refractivity contribution in [2.24, 2.45) is 4.99 Å². The lowest BCUT2D eigenvalue weighted by molar-refractivity contribution is 0.415. The third kappa shape index (κ3) is 4.18. The molecule has 0 spiro atoms. The number of pyridine rings is 1. The quantitative estimate of drug-likeness (QED) is 0.569. The summed E-state index contributed by atoms with van der Waals surface area (Å²) in [6.07, 6.45) is 10.4. The van der Waals surface area contributed by atoms with E-state index in [1.807, 2.05) is 18.2 Å². The molecule has 2 aromatic rings. The lowest BCUT2D eigenvalue weighted by Crippen LogP contribution is -2.25. The zero-order chi connectivity index (χ0) is 19.2. The average Bonchev–Trinajstić information content (AvgIpc) is 2.70. The number of unbranched alkanes of at least 4 members (excludes halogenated alkanes) is 2. The van der Waals surface area contributed by atoms with E-state index < -0.39 is 0 Å². The van der Waals surface area contributed by atoms with Crippen molar-refractivity contribution < 1.29 is 9.84 Å². The molecule has 0 radical (unpaired) electrons. The molecule has 0 atom stereocenters. The summed E-state index contributed by atoms with van der Waals surface area (Å²) in [5.74, 6) is 0.604. The first-order valence-corrected chi connectivity index (χ1v) is 10.1. The summed E-state index contributed by atoms with van der Waals surface area (Å²) in [6.45, 7) is 2.74. The fourth-order valence-corrected chi connectivity index (χ4v) is 3.91. The Bertz CT molecular complexity index is 864. The fraction of sp³-hybridized carbons (Fsp3) is 0.545. The van der Waals surface area contributed by atoms with Gasteiger partial charge in [-0.05, 0) is 31.4 Å². The maximum absolute atomic E-state index is 13.2. The standard InChI is InChI=1S/C22H30N2O3/c1-3-4-8-14-24-20-17(12-9-13-19(20)27-2)21(25)18(22(24)26)15-23-16-10-6-5-7-11-16/h9,12-13,15-16,25H,3-8,10-11,14H2,1-2H3. The number of rotatable bonds is 7. The van der Waals surface area contributed by atoms with Crippen LogP contribution in [0.25, 0.3) is 10.9 Å². The Hall–Kier alpha value is -2.30. The van der Waals surface area contributed by atoms with Crippen molar-refractivity contribution >= 4 is 17.1 Å². The van der Waals surface area contributed by atoms with E-state index in [0.717, 1.165) is 32.1 Å². The van der Waals surface area contributed by atoms with Crippen LogP contribution < -0.4 is 10.3 Å². The molecule has 1 N–H and O–H groups in total. The number of aliphatic imine (C=N–C) groups is 1. The highest BCUT2D eigenvalue weighted by Gasteiger charge is 2.19. The topological polar surface area (TPSA) is 63.8 Å². The summed E-state index contributed by atoms with van der Waals surface area (Å²) in [6, 6.07) is 5.75. The predicted octanol–water partition coefficient (Wildman–Crippen LogP) is 4.66. The van der Waals surface area contributed by atoms with Crippen LogP contribution in [0.2, 0.25) is 0 Å². The maximum atomic E-state index is 13.2. The van der Waals surface area contributed by atoms with Gasteiger partial charge in [0.2, 0.25) is 0 Å². The van der Waals surface area contributed by atoms with Crippen molar-refractivity contribution in [1.29, 1.82) is 0 Å². The summed E-state index contributed by atoms with van der Waals surface area (Å²) in [5.41, 5.74) is 0.756. The highest BCUT2D eigenvalue weighted by atomic mass is 16.5. The van der Waals surface area contributed by atoms with Gasteiger partial charge in [0.1, 0.15) is 17.1 Å². The van der Waals surface area contributed by atoms with Gasteiger partial charge in [0.05, 0.1) is 12.6 Å². The monoisotopic (exact) mass is 370 g/mol. The second-order valence-electron chi connectivity index (χ2n) is 7.35. The van der Waals surface area contributed by atoms with E-state index in [9.17, 15) is 9.90 Å². The van der Waals surface area contributed by atoms with Crippen LogP contribution in [0.5, 0.6) is 11.5 Å². The minimum atomic E-state index is -0.194. The van der Waals surface area contributed by atoms with E-state index >= 15 is 0 Å². The number of aryl methyl sites for hydroxylation is 1. The van der Waals surface area contributed by atoms with E-state index in [2.05, 4.69) is 11.9 Å². The van der Waals surface area contributed by atoms with Crippen molar-refractivity contribution in [2.45, 2.75) is 70.9 Å². The Morgan fingerprint density at radius 2 is 2.04 bits per heavy atom. The second-order valence-corrected chi connectivity index (χ2v) is 7.35. The van der Waals surface area contributed by atoms with E-state index in [0.29, 0.717) is 23.2 Å². The summed E-state index contributed by atoms with van der Waals surface area (Å²) in [7, 11) is 1.59. The van der Waals surface area contributed by atoms with Crippen molar-refractivity contribution in [3.05, 3.63) is 34.1 Å². The smallest absolute Gasteiger partial charge is 0.263 e. The van der Waals surface area contributed by atoms with Crippen LogP contribution in [0.4, 0.5) is 0 Å². The second kappa shape index (κ2) is 9.07. The Labute approximate surface area is 160 Å². The number of aromatic hydroxyl groups is 1. The Morgan fingerprint density at radius 3 is 2.74 bits per heavy atom. The van der Waals surface area contributed by atoms with E-state index in [1.165, 1.54) is 19.3 Å². The van der Waals surface area contributed by atoms with Crippen LogP contribution in [0.1, 0.15) is 63.9 Å². The lowest BCUT2D eigenvalue weighted by Gasteiger charge is -2.18. The number of hydrogen-bond donors (Lipinski definition) is 1. The summed E-state index contributed by atoms with van der Waals surface area (Å²) >= 11 is 0. The molecule has 1 aliphatic carbocycles. The first kappa shape index (κ1) is 19.5. The van der Waals surface area contributed by atoms with E-state index in [4.69, 9.17) is 4.74 Å². The van der Waals surface area contributed by atoms with Crippen LogP contribution in [0.15, 0.2) is 28.0 Å². The van der Waals surface area contributed by atoms with Crippen molar-refractivity contribution in [3.8, 4) is 11.5 Å². The minimum Gasteiger partial charge on any atom is -0.506 e. The van der Waals surface area contributed by atoms with Crippen LogP contribution in [-0.2, 0) is 6.54 Å². The molecule has 5 heteroatoms. The highest BCUT2D eigenvalue weighted by molar-refractivity contribution is 5.97. The third-order valence-corrected chi connectivity index (χ3v) is 5.45. The largest absolute Gasteiger partial charge is 0.506 e. The van der Waals surface area contributed by atoms with Gasteiger partial charge in [0.25, 0.3) is 5.56 Å². The van der Waals surface area contributed by atoms with E-state index in [-0.39, 0.29) is 22.9 Å². The molecule has 1 aliphatic rings. The maximum Gasteiger partial charge on any atom is 0.263 e. The number of nitrogens with zero attached hydrogens (tertiary/aromatic N) is 2. The van der Waals surface area contributed by atoms with Crippen LogP contribution >= 0.6 is 0 Å². The number of hydrogen-bond acceptors (Lipinski definition) is 4. The molecule has 146 valence electrons. The number of benzene rings is 1. The third-order valence-electron chi connectivity index (χ3n) is 5.45. The van der Waals surface area contributed by atoms with Crippen LogP contribution in [-0.4, -0.2) is 29.0 Å². The molecule has 1 fully saturated rings. The van der Waals surface area contributed by atoms with Crippen LogP contribution in [0, 0.1) is 0 Å². The lowest BCUT2D eigenvalue weighted by atomic mass is 9.96.